The summed E-state index contributed by atoms with van der Waals surface area (Å²) < 4.78 is 9.63. The van der Waals surface area contributed by atoms with Crippen molar-refractivity contribution in [3.05, 3.63) is 35.7 Å². The first-order chi connectivity index (χ1) is 9.81. The summed E-state index contributed by atoms with van der Waals surface area (Å²) in [7, 11) is 2.05. The van der Waals surface area contributed by atoms with Gasteiger partial charge in [-0.1, -0.05) is 0 Å². The zero-order valence-electron chi connectivity index (χ0n) is 11.7. The van der Waals surface area contributed by atoms with Crippen molar-refractivity contribution in [2.24, 2.45) is 7.05 Å². The largest absolute Gasteiger partial charge is 0.380 e. The molecule has 1 saturated heterocycles. The quantitative estimate of drug-likeness (QED) is 0.829. The van der Waals surface area contributed by atoms with Gasteiger partial charge in [0.15, 0.2) is 0 Å². The minimum Gasteiger partial charge on any atom is -0.380 e. The summed E-state index contributed by atoms with van der Waals surface area (Å²) in [5.74, 6) is 0. The fourth-order valence-corrected chi connectivity index (χ4v) is 3.24. The van der Waals surface area contributed by atoms with Gasteiger partial charge in [-0.25, -0.2) is 4.98 Å². The van der Waals surface area contributed by atoms with Crippen LogP contribution in [0.1, 0.15) is 23.4 Å². The Balaban J connectivity index is 1.58. The van der Waals surface area contributed by atoms with Crippen molar-refractivity contribution in [3.8, 4) is 0 Å². The fourth-order valence-electron chi connectivity index (χ4n) is 3.24. The van der Waals surface area contributed by atoms with Gasteiger partial charge >= 0.3 is 0 Å². The maximum atomic E-state index is 5.51. The Bertz CT molecular complexity index is 597. The number of aromatic nitrogens is 4. The average molecular weight is 273 g/mol. The lowest BCUT2D eigenvalue weighted by Gasteiger charge is -2.21. The molecule has 1 fully saturated rings. The summed E-state index contributed by atoms with van der Waals surface area (Å²) in [5.41, 5.74) is 3.92. The third kappa shape index (κ3) is 1.96. The summed E-state index contributed by atoms with van der Waals surface area (Å²) >= 11 is 0. The van der Waals surface area contributed by atoms with Crippen LogP contribution < -0.4 is 0 Å². The summed E-state index contributed by atoms with van der Waals surface area (Å²) in [6.45, 7) is 4.58. The molecule has 4 rings (SSSR count). The number of rotatable bonds is 3. The lowest BCUT2D eigenvalue weighted by Crippen LogP contribution is -2.31. The maximum absolute atomic E-state index is 5.51. The molecule has 20 heavy (non-hydrogen) atoms. The summed E-state index contributed by atoms with van der Waals surface area (Å²) in [6.07, 6.45) is 6.79. The number of hydrogen-bond acceptors (Lipinski definition) is 4. The van der Waals surface area contributed by atoms with Crippen molar-refractivity contribution in [2.45, 2.75) is 32.1 Å². The van der Waals surface area contributed by atoms with Crippen LogP contribution in [0.5, 0.6) is 0 Å². The fraction of sp³-hybridized carbons (Fsp3) is 0.571. The van der Waals surface area contributed by atoms with E-state index in [0.29, 0.717) is 6.04 Å². The minimum absolute atomic E-state index is 0.573. The highest BCUT2D eigenvalue weighted by atomic mass is 16.5. The van der Waals surface area contributed by atoms with E-state index < -0.39 is 0 Å². The molecule has 0 N–H and O–H groups in total. The molecule has 0 amide bonds. The van der Waals surface area contributed by atoms with Crippen molar-refractivity contribution in [1.29, 1.82) is 0 Å². The Morgan fingerprint density at radius 3 is 3.10 bits per heavy atom. The monoisotopic (exact) mass is 273 g/mol. The van der Waals surface area contributed by atoms with Crippen LogP contribution >= 0.6 is 0 Å². The molecule has 0 saturated carbocycles. The molecule has 0 aliphatic carbocycles. The van der Waals surface area contributed by atoms with Crippen LogP contribution in [0.3, 0.4) is 0 Å². The Morgan fingerprint density at radius 1 is 1.40 bits per heavy atom. The van der Waals surface area contributed by atoms with Crippen molar-refractivity contribution >= 4 is 0 Å². The number of aryl methyl sites for hydroxylation is 1. The highest BCUT2D eigenvalue weighted by molar-refractivity contribution is 5.30. The molecule has 2 aromatic heterocycles. The summed E-state index contributed by atoms with van der Waals surface area (Å²) in [5, 5.41) is 4.68. The normalized spacial score (nSPS) is 22.6. The molecule has 0 spiro atoms. The second-order valence-electron chi connectivity index (χ2n) is 5.65. The van der Waals surface area contributed by atoms with Crippen LogP contribution in [-0.2, 0) is 31.4 Å². The van der Waals surface area contributed by atoms with Gasteiger partial charge in [0.05, 0.1) is 30.9 Å². The second kappa shape index (κ2) is 4.71. The standard InChI is InChI=1S/C14H19N5O/c1-17-14-8-19(11-2-5-20-9-11)6-12(14)13(16-17)7-18-4-3-15-10-18/h3-4,10-11H,2,5-9H2,1H3. The molecule has 2 aliphatic rings. The molecule has 6 nitrogen and oxygen atoms in total. The van der Waals surface area contributed by atoms with Crippen molar-refractivity contribution < 1.29 is 4.74 Å². The first-order valence-corrected chi connectivity index (χ1v) is 7.12. The van der Waals surface area contributed by atoms with Gasteiger partial charge in [-0.3, -0.25) is 9.58 Å². The van der Waals surface area contributed by atoms with Gasteiger partial charge in [-0.15, -0.1) is 0 Å². The minimum atomic E-state index is 0.573. The SMILES string of the molecule is Cn1nc(Cn2ccnc2)c2c1CN(C1CCOC1)C2. The van der Waals surface area contributed by atoms with E-state index in [0.717, 1.165) is 39.3 Å². The second-order valence-corrected chi connectivity index (χ2v) is 5.65. The van der Waals surface area contributed by atoms with Crippen LogP contribution in [0, 0.1) is 0 Å². The highest BCUT2D eigenvalue weighted by Crippen LogP contribution is 2.29. The van der Waals surface area contributed by atoms with Gasteiger partial charge < -0.3 is 9.30 Å². The van der Waals surface area contributed by atoms with Gasteiger partial charge in [0.25, 0.3) is 0 Å². The molecular weight excluding hydrogens is 254 g/mol. The smallest absolute Gasteiger partial charge is 0.0949 e. The van der Waals surface area contributed by atoms with Crippen molar-refractivity contribution in [2.75, 3.05) is 13.2 Å². The Kier molecular flexibility index (Phi) is 2.85. The van der Waals surface area contributed by atoms with E-state index >= 15 is 0 Å². The zero-order chi connectivity index (χ0) is 13.5. The van der Waals surface area contributed by atoms with E-state index in [9.17, 15) is 0 Å². The van der Waals surface area contributed by atoms with Gasteiger partial charge in [-0.2, -0.15) is 5.10 Å². The van der Waals surface area contributed by atoms with E-state index in [2.05, 4.69) is 19.5 Å². The number of ether oxygens (including phenoxy) is 1. The van der Waals surface area contributed by atoms with E-state index in [-0.39, 0.29) is 0 Å². The molecule has 0 radical (unpaired) electrons. The molecule has 2 aromatic rings. The number of hydrogen-bond donors (Lipinski definition) is 0. The first-order valence-electron chi connectivity index (χ1n) is 7.12. The van der Waals surface area contributed by atoms with Gasteiger partial charge in [0.1, 0.15) is 0 Å². The van der Waals surface area contributed by atoms with E-state index in [1.165, 1.54) is 17.0 Å². The average Bonchev–Trinajstić information content (AvgIpc) is 3.18. The predicted molar refractivity (Wildman–Crippen MR) is 73.0 cm³/mol. The zero-order valence-corrected chi connectivity index (χ0v) is 11.7. The van der Waals surface area contributed by atoms with Crippen LogP contribution in [0.25, 0.3) is 0 Å². The van der Waals surface area contributed by atoms with Gasteiger partial charge in [0.2, 0.25) is 0 Å². The molecule has 2 aliphatic heterocycles. The van der Waals surface area contributed by atoms with E-state index in [1.54, 1.807) is 0 Å². The lowest BCUT2D eigenvalue weighted by atomic mass is 10.2. The first kappa shape index (κ1) is 12.1. The predicted octanol–water partition coefficient (Wildman–Crippen LogP) is 0.769. The van der Waals surface area contributed by atoms with Crippen LogP contribution in [0.4, 0.5) is 0 Å². The molecule has 4 heterocycles. The highest BCUT2D eigenvalue weighted by Gasteiger charge is 2.32. The number of nitrogens with zero attached hydrogens (tertiary/aromatic N) is 5. The molecule has 1 atom stereocenters. The van der Waals surface area contributed by atoms with Gasteiger partial charge in [-0.05, 0) is 6.42 Å². The molecule has 6 heteroatoms. The molecule has 106 valence electrons. The van der Waals surface area contributed by atoms with Gasteiger partial charge in [0, 0.05) is 50.7 Å². The molecular formula is C14H19N5O. The van der Waals surface area contributed by atoms with E-state index in [4.69, 9.17) is 4.74 Å². The Hall–Kier alpha value is -1.66. The topological polar surface area (TPSA) is 48.1 Å². The molecule has 1 unspecified atom stereocenters. The third-order valence-electron chi connectivity index (χ3n) is 4.39. The van der Waals surface area contributed by atoms with Crippen LogP contribution in [0.15, 0.2) is 18.7 Å². The third-order valence-corrected chi connectivity index (χ3v) is 4.39. The number of fused-ring (bicyclic) bond motifs is 1. The summed E-state index contributed by atoms with van der Waals surface area (Å²) in [4.78, 5) is 6.62. The lowest BCUT2D eigenvalue weighted by molar-refractivity contribution is 0.141. The van der Waals surface area contributed by atoms with Crippen LogP contribution in [-0.4, -0.2) is 43.5 Å². The summed E-state index contributed by atoms with van der Waals surface area (Å²) in [6, 6.07) is 0.573. The Morgan fingerprint density at radius 2 is 2.35 bits per heavy atom. The molecule has 0 bridgehead atoms. The number of imidazole rings is 1. The maximum Gasteiger partial charge on any atom is 0.0949 e. The molecule has 0 aromatic carbocycles. The van der Waals surface area contributed by atoms with Crippen molar-refractivity contribution in [3.63, 3.8) is 0 Å². The van der Waals surface area contributed by atoms with Crippen molar-refractivity contribution in [1.82, 2.24) is 24.2 Å². The van der Waals surface area contributed by atoms with Crippen LogP contribution in [0.2, 0.25) is 0 Å². The Labute approximate surface area is 118 Å². The van der Waals surface area contributed by atoms with E-state index in [1.807, 2.05) is 30.5 Å².